The van der Waals surface area contributed by atoms with Gasteiger partial charge in [0.15, 0.2) is 5.78 Å². The minimum atomic E-state index is -0.0614. The van der Waals surface area contributed by atoms with Crippen molar-refractivity contribution in [2.75, 3.05) is 7.11 Å². The highest BCUT2D eigenvalue weighted by Gasteiger charge is 2.26. The van der Waals surface area contributed by atoms with Crippen molar-refractivity contribution in [3.63, 3.8) is 0 Å². The molecule has 0 aliphatic heterocycles. The minimum Gasteiger partial charge on any atom is -0.497 e. The lowest BCUT2D eigenvalue weighted by Gasteiger charge is -2.07. The van der Waals surface area contributed by atoms with Crippen LogP contribution >= 0.6 is 0 Å². The molecular weight excluding hydrogens is 216 g/mol. The van der Waals surface area contributed by atoms with Gasteiger partial charge in [-0.1, -0.05) is 12.1 Å². The molecule has 1 aliphatic carbocycles. The highest BCUT2D eigenvalue weighted by molar-refractivity contribution is 5.99. The second kappa shape index (κ2) is 5.13. The van der Waals surface area contributed by atoms with Crippen molar-refractivity contribution in [2.45, 2.75) is 25.7 Å². The van der Waals surface area contributed by atoms with Gasteiger partial charge in [-0.3, -0.25) is 9.59 Å². The molecular formula is C14H16O3. The molecule has 90 valence electrons. The van der Waals surface area contributed by atoms with E-state index in [4.69, 9.17) is 4.74 Å². The molecule has 2 rings (SSSR count). The van der Waals surface area contributed by atoms with Crippen molar-refractivity contribution < 1.29 is 14.3 Å². The Kier molecular flexibility index (Phi) is 3.57. The summed E-state index contributed by atoms with van der Waals surface area (Å²) in [5.74, 6) is 0.882. The van der Waals surface area contributed by atoms with E-state index in [1.54, 1.807) is 31.4 Å². The van der Waals surface area contributed by atoms with Gasteiger partial charge < -0.3 is 4.74 Å². The zero-order chi connectivity index (χ0) is 12.3. The van der Waals surface area contributed by atoms with Gasteiger partial charge in [0.1, 0.15) is 11.5 Å². The lowest BCUT2D eigenvalue weighted by molar-refractivity contribution is -0.120. The first-order valence-electron chi connectivity index (χ1n) is 5.90. The Hall–Kier alpha value is -1.64. The Balaban J connectivity index is 2.06. The quantitative estimate of drug-likeness (QED) is 0.749. The molecule has 1 saturated carbocycles. The lowest BCUT2D eigenvalue weighted by Crippen LogP contribution is -2.12. The maximum Gasteiger partial charge on any atom is 0.163 e. The summed E-state index contributed by atoms with van der Waals surface area (Å²) >= 11 is 0. The second-order valence-electron chi connectivity index (χ2n) is 4.41. The fraction of sp³-hybridized carbons (Fsp3) is 0.429. The molecule has 17 heavy (non-hydrogen) atoms. The van der Waals surface area contributed by atoms with Crippen LogP contribution in [0.15, 0.2) is 24.3 Å². The number of carbonyl (C=O) groups excluding carboxylic acids is 2. The van der Waals surface area contributed by atoms with Gasteiger partial charge in [0.25, 0.3) is 0 Å². The van der Waals surface area contributed by atoms with Crippen LogP contribution in [0.25, 0.3) is 0 Å². The van der Waals surface area contributed by atoms with Crippen LogP contribution in [-0.2, 0) is 4.79 Å². The topological polar surface area (TPSA) is 43.4 Å². The summed E-state index contributed by atoms with van der Waals surface area (Å²) in [6.45, 7) is 0. The zero-order valence-electron chi connectivity index (χ0n) is 9.94. The van der Waals surface area contributed by atoms with Crippen LogP contribution in [0, 0.1) is 5.92 Å². The van der Waals surface area contributed by atoms with E-state index in [-0.39, 0.29) is 17.5 Å². The van der Waals surface area contributed by atoms with E-state index >= 15 is 0 Å². The number of hydrogen-bond acceptors (Lipinski definition) is 3. The van der Waals surface area contributed by atoms with Gasteiger partial charge in [0.2, 0.25) is 0 Å². The van der Waals surface area contributed by atoms with E-state index in [2.05, 4.69) is 0 Å². The van der Waals surface area contributed by atoms with Gasteiger partial charge in [0, 0.05) is 24.3 Å². The fourth-order valence-electron chi connectivity index (χ4n) is 2.24. The molecule has 0 aromatic heterocycles. The molecule has 0 N–H and O–H groups in total. The van der Waals surface area contributed by atoms with Crippen molar-refractivity contribution in [1.82, 2.24) is 0 Å². The largest absolute Gasteiger partial charge is 0.497 e. The molecule has 0 radical (unpaired) electrons. The molecule has 0 heterocycles. The van der Waals surface area contributed by atoms with Crippen molar-refractivity contribution >= 4 is 11.6 Å². The molecule has 1 aliphatic rings. The Labute approximate surface area is 101 Å². The molecule has 1 atom stereocenters. The maximum atomic E-state index is 12.0. The van der Waals surface area contributed by atoms with Crippen LogP contribution in [0.4, 0.5) is 0 Å². The molecule has 1 fully saturated rings. The SMILES string of the molecule is COc1cccc(C(=O)CC2CCCC2=O)c1. The van der Waals surface area contributed by atoms with Crippen molar-refractivity contribution in [3.8, 4) is 5.75 Å². The van der Waals surface area contributed by atoms with Gasteiger partial charge in [0.05, 0.1) is 7.11 Å². The van der Waals surface area contributed by atoms with E-state index in [1.165, 1.54) is 0 Å². The van der Waals surface area contributed by atoms with Gasteiger partial charge in [-0.15, -0.1) is 0 Å². The Morgan fingerprint density at radius 1 is 1.47 bits per heavy atom. The lowest BCUT2D eigenvalue weighted by atomic mass is 9.96. The number of methoxy groups -OCH3 is 1. The zero-order valence-corrected chi connectivity index (χ0v) is 9.94. The van der Waals surface area contributed by atoms with Crippen molar-refractivity contribution in [3.05, 3.63) is 29.8 Å². The van der Waals surface area contributed by atoms with Crippen LogP contribution < -0.4 is 4.74 Å². The monoisotopic (exact) mass is 232 g/mol. The van der Waals surface area contributed by atoms with Gasteiger partial charge in [-0.25, -0.2) is 0 Å². The normalized spacial score (nSPS) is 19.4. The average Bonchev–Trinajstić information content (AvgIpc) is 2.75. The van der Waals surface area contributed by atoms with Crippen LogP contribution in [0.5, 0.6) is 5.75 Å². The summed E-state index contributed by atoms with van der Waals surface area (Å²) in [6, 6.07) is 7.09. The third-order valence-electron chi connectivity index (χ3n) is 3.25. The van der Waals surface area contributed by atoms with E-state index in [1.807, 2.05) is 0 Å². The van der Waals surface area contributed by atoms with Gasteiger partial charge >= 0.3 is 0 Å². The van der Waals surface area contributed by atoms with Crippen molar-refractivity contribution in [1.29, 1.82) is 0 Å². The summed E-state index contributed by atoms with van der Waals surface area (Å²) in [6.07, 6.45) is 2.76. The fourth-order valence-corrected chi connectivity index (χ4v) is 2.24. The first kappa shape index (κ1) is 11.8. The Bertz CT molecular complexity index is 437. The maximum absolute atomic E-state index is 12.0. The van der Waals surface area contributed by atoms with Crippen molar-refractivity contribution in [2.24, 2.45) is 5.92 Å². The van der Waals surface area contributed by atoms with E-state index in [0.717, 1.165) is 12.8 Å². The number of ketones is 2. The van der Waals surface area contributed by atoms with E-state index < -0.39 is 0 Å². The highest BCUT2D eigenvalue weighted by atomic mass is 16.5. The highest BCUT2D eigenvalue weighted by Crippen LogP contribution is 2.26. The summed E-state index contributed by atoms with van der Waals surface area (Å²) in [5.41, 5.74) is 0.629. The minimum absolute atomic E-state index is 0.0316. The third kappa shape index (κ3) is 2.73. The number of Topliss-reactive ketones (excluding diaryl/α,β-unsaturated/α-hetero) is 2. The molecule has 3 nitrogen and oxygen atoms in total. The summed E-state index contributed by atoms with van der Waals surface area (Å²) in [7, 11) is 1.57. The number of rotatable bonds is 4. The first-order chi connectivity index (χ1) is 8.20. The number of ether oxygens (including phenoxy) is 1. The predicted molar refractivity (Wildman–Crippen MR) is 64.3 cm³/mol. The molecule has 0 saturated heterocycles. The molecule has 1 aromatic rings. The molecule has 0 bridgehead atoms. The Morgan fingerprint density at radius 2 is 2.29 bits per heavy atom. The van der Waals surface area contributed by atoms with E-state index in [0.29, 0.717) is 24.2 Å². The number of hydrogen-bond donors (Lipinski definition) is 0. The predicted octanol–water partition coefficient (Wildman–Crippen LogP) is 2.64. The first-order valence-corrected chi connectivity index (χ1v) is 5.90. The molecule has 1 aromatic carbocycles. The smallest absolute Gasteiger partial charge is 0.163 e. The summed E-state index contributed by atoms with van der Waals surface area (Å²) < 4.78 is 5.08. The van der Waals surface area contributed by atoms with Crippen LogP contribution in [-0.4, -0.2) is 18.7 Å². The average molecular weight is 232 g/mol. The molecule has 0 spiro atoms. The van der Waals surface area contributed by atoms with Crippen LogP contribution in [0.1, 0.15) is 36.0 Å². The summed E-state index contributed by atoms with van der Waals surface area (Å²) in [5, 5.41) is 0. The van der Waals surface area contributed by atoms with Gasteiger partial charge in [-0.05, 0) is 25.0 Å². The molecule has 1 unspecified atom stereocenters. The molecule has 3 heteroatoms. The Morgan fingerprint density at radius 3 is 2.94 bits per heavy atom. The standard InChI is InChI=1S/C14H16O3/c1-17-12-6-2-4-10(8-12)14(16)9-11-5-3-7-13(11)15/h2,4,6,8,11H,3,5,7,9H2,1H3. The van der Waals surface area contributed by atoms with Crippen LogP contribution in [0.3, 0.4) is 0 Å². The second-order valence-corrected chi connectivity index (χ2v) is 4.41. The van der Waals surface area contributed by atoms with Gasteiger partial charge in [-0.2, -0.15) is 0 Å². The van der Waals surface area contributed by atoms with Crippen LogP contribution in [0.2, 0.25) is 0 Å². The number of benzene rings is 1. The van der Waals surface area contributed by atoms with E-state index in [9.17, 15) is 9.59 Å². The molecule has 0 amide bonds. The number of carbonyl (C=O) groups is 2. The third-order valence-corrected chi connectivity index (χ3v) is 3.25. The summed E-state index contributed by atoms with van der Waals surface area (Å²) in [4.78, 5) is 23.5.